The molecule has 1 saturated heterocycles. The topological polar surface area (TPSA) is 95.9 Å². The Balaban J connectivity index is 1.45. The van der Waals surface area contributed by atoms with Crippen LogP contribution in [0.15, 0.2) is 48.5 Å². The summed E-state index contributed by atoms with van der Waals surface area (Å²) in [5.41, 5.74) is 3.73. The minimum absolute atomic E-state index is 0.00424. The molecule has 1 fully saturated rings. The maximum absolute atomic E-state index is 13.7. The van der Waals surface area contributed by atoms with E-state index in [0.717, 1.165) is 27.2 Å². The number of carbonyl (C=O) groups excluding carboxylic acids is 2. The van der Waals surface area contributed by atoms with E-state index in [1.807, 2.05) is 48.5 Å². The van der Waals surface area contributed by atoms with Crippen LogP contribution in [0.3, 0.4) is 0 Å². The lowest BCUT2D eigenvalue weighted by molar-refractivity contribution is -0.175. The number of halogens is 3. The van der Waals surface area contributed by atoms with Crippen LogP contribution in [-0.2, 0) is 14.3 Å². The minimum Gasteiger partial charge on any atom is -0.481 e. The van der Waals surface area contributed by atoms with Crippen LogP contribution in [0.2, 0.25) is 0 Å². The highest BCUT2D eigenvalue weighted by Crippen LogP contribution is 2.44. The van der Waals surface area contributed by atoms with E-state index in [0.29, 0.717) is 6.42 Å². The molecule has 1 aliphatic carbocycles. The number of alkyl carbamates (subject to hydrolysis) is 1. The second kappa shape index (κ2) is 9.36. The molecule has 2 amide bonds. The summed E-state index contributed by atoms with van der Waals surface area (Å²) in [5.74, 6) is -2.95. The summed E-state index contributed by atoms with van der Waals surface area (Å²) in [4.78, 5) is 36.9. The average molecular weight is 476 g/mol. The number of amides is 2. The third kappa shape index (κ3) is 4.71. The number of nitrogens with one attached hydrogen (secondary N) is 1. The fraction of sp³-hybridized carbons (Fsp3) is 0.375. The van der Waals surface area contributed by atoms with Crippen molar-refractivity contribution in [1.29, 1.82) is 0 Å². The molecular formula is C24H23F3N2O5. The standard InChI is InChI=1S/C24H23F3N2O5/c25-24(26,27)21(22(32)29-11-5-6-14(29)12-20(30)31)28-23(33)34-13-19-17-9-3-1-7-15(17)16-8-2-4-10-18(16)19/h1-4,7-10,14,19,21H,5-6,11-13H2,(H,28,33)(H,30,31)/t14-,21?/m0/s1. The molecule has 0 saturated carbocycles. The number of rotatable bonds is 6. The van der Waals surface area contributed by atoms with Crippen molar-refractivity contribution < 1.29 is 37.4 Å². The summed E-state index contributed by atoms with van der Waals surface area (Å²) in [5, 5.41) is 10.6. The quantitative estimate of drug-likeness (QED) is 0.659. The van der Waals surface area contributed by atoms with Crippen molar-refractivity contribution in [2.24, 2.45) is 0 Å². The number of nitrogens with zero attached hydrogens (tertiary/aromatic N) is 1. The Hall–Kier alpha value is -3.56. The largest absolute Gasteiger partial charge is 0.481 e. The highest BCUT2D eigenvalue weighted by Gasteiger charge is 2.50. The third-order valence-electron chi connectivity index (χ3n) is 6.25. The van der Waals surface area contributed by atoms with Crippen LogP contribution in [-0.4, -0.2) is 59.4 Å². The molecule has 2 aliphatic rings. The molecule has 2 aromatic rings. The van der Waals surface area contributed by atoms with Crippen molar-refractivity contribution in [2.75, 3.05) is 13.2 Å². The number of alkyl halides is 3. The van der Waals surface area contributed by atoms with Crippen LogP contribution < -0.4 is 5.32 Å². The molecule has 0 bridgehead atoms. The molecular weight excluding hydrogens is 453 g/mol. The monoisotopic (exact) mass is 476 g/mol. The predicted octanol–water partition coefficient (Wildman–Crippen LogP) is 3.92. The Morgan fingerprint density at radius 3 is 2.21 bits per heavy atom. The van der Waals surface area contributed by atoms with Crippen LogP contribution in [0.25, 0.3) is 11.1 Å². The lowest BCUT2D eigenvalue weighted by Gasteiger charge is -2.29. The zero-order valence-corrected chi connectivity index (χ0v) is 18.0. The lowest BCUT2D eigenvalue weighted by atomic mass is 9.98. The van der Waals surface area contributed by atoms with Crippen LogP contribution in [0, 0.1) is 0 Å². The third-order valence-corrected chi connectivity index (χ3v) is 6.25. The Morgan fingerprint density at radius 2 is 1.65 bits per heavy atom. The Morgan fingerprint density at radius 1 is 1.06 bits per heavy atom. The molecule has 2 N–H and O–H groups in total. The van der Waals surface area contributed by atoms with Gasteiger partial charge < -0.3 is 20.1 Å². The van der Waals surface area contributed by atoms with Crippen LogP contribution in [0.4, 0.5) is 18.0 Å². The molecule has 180 valence electrons. The zero-order chi connectivity index (χ0) is 24.5. The summed E-state index contributed by atoms with van der Waals surface area (Å²) < 4.78 is 46.2. The van der Waals surface area contributed by atoms with Gasteiger partial charge in [-0.3, -0.25) is 9.59 Å². The summed E-state index contributed by atoms with van der Waals surface area (Å²) >= 11 is 0. The number of carboxylic acids is 1. The first-order valence-corrected chi connectivity index (χ1v) is 10.9. The van der Waals surface area contributed by atoms with E-state index in [2.05, 4.69) is 0 Å². The maximum Gasteiger partial charge on any atom is 0.417 e. The fourth-order valence-electron chi connectivity index (χ4n) is 4.75. The van der Waals surface area contributed by atoms with Crippen molar-refractivity contribution in [1.82, 2.24) is 10.2 Å². The van der Waals surface area contributed by atoms with Gasteiger partial charge in [0, 0.05) is 18.5 Å². The summed E-state index contributed by atoms with van der Waals surface area (Å²) in [7, 11) is 0. The summed E-state index contributed by atoms with van der Waals surface area (Å²) in [6.45, 7) is -0.209. The van der Waals surface area contributed by atoms with E-state index in [9.17, 15) is 27.6 Å². The number of carbonyl (C=O) groups is 3. The summed E-state index contributed by atoms with van der Waals surface area (Å²) in [6, 6.07) is 11.4. The highest BCUT2D eigenvalue weighted by molar-refractivity contribution is 5.87. The zero-order valence-electron chi connectivity index (χ0n) is 18.0. The first-order chi connectivity index (χ1) is 16.2. The molecule has 0 spiro atoms. The van der Waals surface area contributed by atoms with Gasteiger partial charge in [0.15, 0.2) is 0 Å². The van der Waals surface area contributed by atoms with Gasteiger partial charge >= 0.3 is 18.2 Å². The molecule has 10 heteroatoms. The van der Waals surface area contributed by atoms with Crippen molar-refractivity contribution in [2.45, 2.75) is 43.4 Å². The van der Waals surface area contributed by atoms with Gasteiger partial charge in [-0.1, -0.05) is 48.5 Å². The van der Waals surface area contributed by atoms with E-state index in [1.54, 1.807) is 5.32 Å². The van der Waals surface area contributed by atoms with E-state index >= 15 is 0 Å². The molecule has 1 unspecified atom stereocenters. The van der Waals surface area contributed by atoms with E-state index in [-0.39, 0.29) is 25.5 Å². The van der Waals surface area contributed by atoms with Gasteiger partial charge in [-0.25, -0.2) is 4.79 Å². The van der Waals surface area contributed by atoms with Crippen LogP contribution >= 0.6 is 0 Å². The van der Waals surface area contributed by atoms with Gasteiger partial charge in [0.2, 0.25) is 6.04 Å². The lowest BCUT2D eigenvalue weighted by Crippen LogP contribution is -2.57. The second-order valence-corrected chi connectivity index (χ2v) is 8.37. The van der Waals surface area contributed by atoms with Crippen molar-refractivity contribution in [3.05, 3.63) is 59.7 Å². The average Bonchev–Trinajstić information content (AvgIpc) is 3.37. The molecule has 34 heavy (non-hydrogen) atoms. The Bertz CT molecular complexity index is 1060. The van der Waals surface area contributed by atoms with Crippen molar-refractivity contribution in [3.8, 4) is 11.1 Å². The van der Waals surface area contributed by atoms with Gasteiger partial charge in [0.05, 0.1) is 6.42 Å². The van der Waals surface area contributed by atoms with Gasteiger partial charge in [-0.2, -0.15) is 13.2 Å². The number of likely N-dealkylation sites (tertiary alicyclic amines) is 1. The molecule has 2 atom stereocenters. The molecule has 2 aromatic carbocycles. The predicted molar refractivity (Wildman–Crippen MR) is 115 cm³/mol. The fourth-order valence-corrected chi connectivity index (χ4v) is 4.75. The number of hydrogen-bond donors (Lipinski definition) is 2. The Labute approximate surface area is 193 Å². The van der Waals surface area contributed by atoms with Crippen LogP contribution in [0.1, 0.15) is 36.3 Å². The smallest absolute Gasteiger partial charge is 0.417 e. The minimum atomic E-state index is -5.07. The van der Waals surface area contributed by atoms with E-state index < -0.39 is 42.7 Å². The first-order valence-electron chi connectivity index (χ1n) is 10.9. The molecule has 7 nitrogen and oxygen atoms in total. The van der Waals surface area contributed by atoms with Crippen LogP contribution in [0.5, 0.6) is 0 Å². The SMILES string of the molecule is O=C(O)C[C@@H]1CCCN1C(=O)C(NC(=O)OCC1c2ccccc2-c2ccccc21)C(F)(F)F. The maximum atomic E-state index is 13.7. The molecule has 1 heterocycles. The van der Waals surface area contributed by atoms with Gasteiger partial charge in [-0.15, -0.1) is 0 Å². The van der Waals surface area contributed by atoms with Gasteiger partial charge in [0.25, 0.3) is 5.91 Å². The van der Waals surface area contributed by atoms with Crippen molar-refractivity contribution >= 4 is 18.0 Å². The molecule has 0 radical (unpaired) electrons. The number of ether oxygens (including phenoxy) is 1. The number of carboxylic acid groups (broad SMARTS) is 1. The van der Waals surface area contributed by atoms with Crippen molar-refractivity contribution in [3.63, 3.8) is 0 Å². The number of aliphatic carboxylic acids is 1. The molecule has 1 aliphatic heterocycles. The van der Waals surface area contributed by atoms with E-state index in [4.69, 9.17) is 9.84 Å². The normalized spacial score (nSPS) is 18.2. The van der Waals surface area contributed by atoms with Gasteiger partial charge in [0.1, 0.15) is 6.61 Å². The number of benzene rings is 2. The molecule has 0 aromatic heterocycles. The number of fused-ring (bicyclic) bond motifs is 3. The number of hydrogen-bond acceptors (Lipinski definition) is 4. The van der Waals surface area contributed by atoms with E-state index in [1.165, 1.54) is 0 Å². The second-order valence-electron chi connectivity index (χ2n) is 8.37. The summed E-state index contributed by atoms with van der Waals surface area (Å²) in [6.07, 6.45) is -6.22. The molecule has 4 rings (SSSR count). The Kier molecular flexibility index (Phi) is 6.49. The van der Waals surface area contributed by atoms with Gasteiger partial charge in [-0.05, 0) is 35.1 Å². The highest BCUT2D eigenvalue weighted by atomic mass is 19.4. The first kappa shape index (κ1) is 23.6.